The first-order valence-corrected chi connectivity index (χ1v) is 10.7. The zero-order chi connectivity index (χ0) is 19.8. The molecule has 0 spiro atoms. The van der Waals surface area contributed by atoms with Gasteiger partial charge in [-0.05, 0) is 57.2 Å². The minimum Gasteiger partial charge on any atom is -0.355 e. The number of benzene rings is 1. The summed E-state index contributed by atoms with van der Waals surface area (Å²) in [4.78, 5) is 28.9. The van der Waals surface area contributed by atoms with Crippen molar-refractivity contribution in [3.05, 3.63) is 30.3 Å². The molecule has 3 rings (SSSR count). The predicted octanol–water partition coefficient (Wildman–Crippen LogP) is 3.31. The van der Waals surface area contributed by atoms with E-state index in [0.29, 0.717) is 31.5 Å². The number of hydrogen-bond donors (Lipinski definition) is 2. The summed E-state index contributed by atoms with van der Waals surface area (Å²) in [5, 5.41) is 6.02. The number of para-hydroxylation sites is 1. The lowest BCUT2D eigenvalue weighted by atomic mass is 9.93. The molecule has 1 unspecified atom stereocenters. The molecule has 3 amide bonds. The summed E-state index contributed by atoms with van der Waals surface area (Å²) < 4.78 is 0. The van der Waals surface area contributed by atoms with Gasteiger partial charge in [0.25, 0.3) is 0 Å². The second-order valence-corrected chi connectivity index (χ2v) is 8.16. The highest BCUT2D eigenvalue weighted by Crippen LogP contribution is 2.21. The molecule has 0 aliphatic carbocycles. The SMILES string of the molecule is CC1CCCCN1CCNC(=O)CC1CCN(C(=O)Nc2ccccc2)CC1. The third-order valence-electron chi connectivity index (χ3n) is 6.06. The molecule has 2 heterocycles. The average Bonchev–Trinajstić information content (AvgIpc) is 2.71. The van der Waals surface area contributed by atoms with Crippen molar-refractivity contribution >= 4 is 17.6 Å². The molecule has 1 atom stereocenters. The molecular weight excluding hydrogens is 352 g/mol. The summed E-state index contributed by atoms with van der Waals surface area (Å²) in [7, 11) is 0. The quantitative estimate of drug-likeness (QED) is 0.788. The summed E-state index contributed by atoms with van der Waals surface area (Å²) in [6, 6.07) is 10.1. The van der Waals surface area contributed by atoms with Crippen molar-refractivity contribution < 1.29 is 9.59 Å². The summed E-state index contributed by atoms with van der Waals surface area (Å²) in [6.45, 7) is 6.54. The minimum atomic E-state index is -0.0512. The van der Waals surface area contributed by atoms with Crippen LogP contribution in [0, 0.1) is 5.92 Å². The van der Waals surface area contributed by atoms with Crippen LogP contribution in [0.5, 0.6) is 0 Å². The topological polar surface area (TPSA) is 64.7 Å². The number of rotatable bonds is 6. The maximum Gasteiger partial charge on any atom is 0.321 e. The van der Waals surface area contributed by atoms with Gasteiger partial charge in [-0.3, -0.25) is 9.69 Å². The number of carbonyl (C=O) groups is 2. The van der Waals surface area contributed by atoms with Gasteiger partial charge in [0.1, 0.15) is 0 Å². The Kier molecular flexibility index (Phi) is 7.71. The van der Waals surface area contributed by atoms with Crippen LogP contribution in [0.4, 0.5) is 10.5 Å². The zero-order valence-corrected chi connectivity index (χ0v) is 17.0. The third-order valence-corrected chi connectivity index (χ3v) is 6.06. The molecule has 2 fully saturated rings. The monoisotopic (exact) mass is 386 g/mol. The maximum absolute atomic E-state index is 12.3. The summed E-state index contributed by atoms with van der Waals surface area (Å²) >= 11 is 0. The highest BCUT2D eigenvalue weighted by Gasteiger charge is 2.24. The molecule has 2 saturated heterocycles. The van der Waals surface area contributed by atoms with E-state index in [1.807, 2.05) is 35.2 Å². The summed E-state index contributed by atoms with van der Waals surface area (Å²) in [6.07, 6.45) is 6.21. The Morgan fingerprint density at radius 3 is 2.50 bits per heavy atom. The van der Waals surface area contributed by atoms with Gasteiger partial charge in [0, 0.05) is 44.3 Å². The van der Waals surface area contributed by atoms with Gasteiger partial charge in [-0.1, -0.05) is 24.6 Å². The van der Waals surface area contributed by atoms with E-state index in [1.54, 1.807) is 0 Å². The number of piperidine rings is 2. The molecule has 0 saturated carbocycles. The van der Waals surface area contributed by atoms with Gasteiger partial charge in [0.05, 0.1) is 0 Å². The standard InChI is InChI=1S/C22H34N4O2/c1-18-7-5-6-13-25(18)16-12-23-21(27)17-19-10-14-26(15-11-19)22(28)24-20-8-3-2-4-9-20/h2-4,8-9,18-19H,5-7,10-17H2,1H3,(H,23,27)(H,24,28). The second kappa shape index (κ2) is 10.5. The summed E-state index contributed by atoms with van der Waals surface area (Å²) in [5.41, 5.74) is 0.817. The minimum absolute atomic E-state index is 0.0512. The normalized spacial score (nSPS) is 21.3. The van der Waals surface area contributed by atoms with Crippen LogP contribution in [0.2, 0.25) is 0 Å². The first kappa shape index (κ1) is 20.6. The molecule has 6 nitrogen and oxygen atoms in total. The molecular formula is C22H34N4O2. The molecule has 2 N–H and O–H groups in total. The molecule has 0 radical (unpaired) electrons. The molecule has 1 aromatic rings. The van der Waals surface area contributed by atoms with E-state index >= 15 is 0 Å². The van der Waals surface area contributed by atoms with Crippen LogP contribution in [-0.4, -0.2) is 60.5 Å². The second-order valence-electron chi connectivity index (χ2n) is 8.16. The van der Waals surface area contributed by atoms with E-state index in [-0.39, 0.29) is 11.9 Å². The van der Waals surface area contributed by atoms with Crippen LogP contribution in [-0.2, 0) is 4.79 Å². The third kappa shape index (κ3) is 6.23. The van der Waals surface area contributed by atoms with Crippen molar-refractivity contribution in [1.82, 2.24) is 15.1 Å². The van der Waals surface area contributed by atoms with Crippen molar-refractivity contribution in [2.75, 3.05) is 38.0 Å². The first-order valence-electron chi connectivity index (χ1n) is 10.7. The molecule has 0 aromatic heterocycles. The smallest absolute Gasteiger partial charge is 0.321 e. The molecule has 0 bridgehead atoms. The van der Waals surface area contributed by atoms with E-state index < -0.39 is 0 Å². The Hall–Kier alpha value is -2.08. The van der Waals surface area contributed by atoms with Crippen molar-refractivity contribution in [1.29, 1.82) is 0 Å². The van der Waals surface area contributed by atoms with Crippen molar-refractivity contribution in [3.63, 3.8) is 0 Å². The number of carbonyl (C=O) groups excluding carboxylic acids is 2. The van der Waals surface area contributed by atoms with E-state index in [2.05, 4.69) is 22.5 Å². The Morgan fingerprint density at radius 1 is 1.04 bits per heavy atom. The van der Waals surface area contributed by atoms with Crippen LogP contribution < -0.4 is 10.6 Å². The van der Waals surface area contributed by atoms with Gasteiger partial charge < -0.3 is 15.5 Å². The fraction of sp³-hybridized carbons (Fsp3) is 0.636. The first-order chi connectivity index (χ1) is 13.6. The van der Waals surface area contributed by atoms with Gasteiger partial charge in [0.15, 0.2) is 0 Å². The number of hydrogen-bond acceptors (Lipinski definition) is 3. The molecule has 28 heavy (non-hydrogen) atoms. The average molecular weight is 387 g/mol. The van der Waals surface area contributed by atoms with Crippen molar-refractivity contribution in [2.45, 2.75) is 51.5 Å². The Balaban J connectivity index is 1.31. The van der Waals surface area contributed by atoms with Crippen LogP contribution in [0.3, 0.4) is 0 Å². The highest BCUT2D eigenvalue weighted by atomic mass is 16.2. The highest BCUT2D eigenvalue weighted by molar-refractivity contribution is 5.89. The molecule has 6 heteroatoms. The number of urea groups is 1. The van der Waals surface area contributed by atoms with E-state index in [9.17, 15) is 9.59 Å². The van der Waals surface area contributed by atoms with Gasteiger partial charge in [-0.2, -0.15) is 0 Å². The van der Waals surface area contributed by atoms with E-state index in [1.165, 1.54) is 19.3 Å². The zero-order valence-electron chi connectivity index (χ0n) is 17.0. The molecule has 2 aliphatic rings. The van der Waals surface area contributed by atoms with Crippen LogP contribution in [0.1, 0.15) is 45.4 Å². The van der Waals surface area contributed by atoms with Crippen LogP contribution in [0.25, 0.3) is 0 Å². The molecule has 2 aliphatic heterocycles. The lowest BCUT2D eigenvalue weighted by Crippen LogP contribution is -2.43. The van der Waals surface area contributed by atoms with Crippen molar-refractivity contribution in [2.24, 2.45) is 5.92 Å². The largest absolute Gasteiger partial charge is 0.355 e. The molecule has 1 aromatic carbocycles. The Morgan fingerprint density at radius 2 is 1.79 bits per heavy atom. The number of likely N-dealkylation sites (tertiary alicyclic amines) is 2. The predicted molar refractivity (Wildman–Crippen MR) is 112 cm³/mol. The fourth-order valence-electron chi connectivity index (χ4n) is 4.23. The van der Waals surface area contributed by atoms with Crippen molar-refractivity contribution in [3.8, 4) is 0 Å². The van der Waals surface area contributed by atoms with Gasteiger partial charge in [-0.15, -0.1) is 0 Å². The molecule has 154 valence electrons. The van der Waals surface area contributed by atoms with Crippen LogP contribution in [0.15, 0.2) is 30.3 Å². The Labute approximate surface area is 168 Å². The lowest BCUT2D eigenvalue weighted by molar-refractivity contribution is -0.122. The maximum atomic E-state index is 12.3. The van der Waals surface area contributed by atoms with Gasteiger partial charge in [0.2, 0.25) is 5.91 Å². The van der Waals surface area contributed by atoms with E-state index in [0.717, 1.165) is 38.2 Å². The number of nitrogens with one attached hydrogen (secondary N) is 2. The van der Waals surface area contributed by atoms with Gasteiger partial charge >= 0.3 is 6.03 Å². The van der Waals surface area contributed by atoms with E-state index in [4.69, 9.17) is 0 Å². The van der Waals surface area contributed by atoms with Crippen LogP contribution >= 0.6 is 0 Å². The van der Waals surface area contributed by atoms with Gasteiger partial charge in [-0.25, -0.2) is 4.79 Å². The Bertz CT molecular complexity index is 629. The lowest BCUT2D eigenvalue weighted by Gasteiger charge is -2.33. The fourth-order valence-corrected chi connectivity index (χ4v) is 4.23. The summed E-state index contributed by atoms with van der Waals surface area (Å²) in [5.74, 6) is 0.520. The number of nitrogens with zero attached hydrogens (tertiary/aromatic N) is 2. The number of amides is 3. The number of anilines is 1.